The largest absolute Gasteiger partial charge is 0.507 e. The topological polar surface area (TPSA) is 93.1 Å². The van der Waals surface area contributed by atoms with Crippen LogP contribution in [0.3, 0.4) is 0 Å². The first-order valence-corrected chi connectivity index (χ1v) is 10.7. The lowest BCUT2D eigenvalue weighted by Crippen LogP contribution is -2.29. The summed E-state index contributed by atoms with van der Waals surface area (Å²) in [6, 6.07) is 11.6. The summed E-state index contributed by atoms with van der Waals surface area (Å²) in [5.74, 6) is 0.524. The molecule has 5 rings (SSSR count). The number of para-hydroxylation sites is 1. The Kier molecular flexibility index (Phi) is 5.19. The Morgan fingerprint density at radius 1 is 0.969 bits per heavy atom. The predicted molar refractivity (Wildman–Crippen MR) is 121 cm³/mol. The molecule has 0 radical (unpaired) electrons. The fourth-order valence-corrected chi connectivity index (χ4v) is 4.45. The van der Waals surface area contributed by atoms with E-state index in [4.69, 9.17) is 13.6 Å². The highest BCUT2D eigenvalue weighted by Gasteiger charge is 2.20. The van der Waals surface area contributed by atoms with Crippen LogP contribution in [-0.2, 0) is 6.54 Å². The Labute approximate surface area is 183 Å². The standard InChI is InChI=1S/C25H23NO6/c1-30-21-7-5-6-15-12-18(25(29)32-23(15)21)17-13-22(28)31-24-16(17)8-9-20(27)19(24)14-26-10-3-2-4-11-26/h5-9,12-13,27H,2-4,10-11,14H2,1H3. The number of methoxy groups -OCH3 is 1. The molecule has 0 spiro atoms. The molecule has 0 amide bonds. The Bertz CT molecular complexity index is 1430. The Balaban J connectivity index is 1.72. The minimum Gasteiger partial charge on any atom is -0.507 e. The number of nitrogens with zero attached hydrogens (tertiary/aromatic N) is 1. The highest BCUT2D eigenvalue weighted by Crippen LogP contribution is 2.35. The van der Waals surface area contributed by atoms with Crippen molar-refractivity contribution in [1.82, 2.24) is 4.90 Å². The third kappa shape index (κ3) is 3.54. The van der Waals surface area contributed by atoms with Gasteiger partial charge in [0.1, 0.15) is 11.3 Å². The quantitative estimate of drug-likeness (QED) is 0.481. The second-order valence-corrected chi connectivity index (χ2v) is 8.08. The maximum atomic E-state index is 12.9. The summed E-state index contributed by atoms with van der Waals surface area (Å²) in [5.41, 5.74) is 0.674. The first kappa shape index (κ1) is 20.3. The van der Waals surface area contributed by atoms with Crippen molar-refractivity contribution in [2.45, 2.75) is 25.8 Å². The molecule has 1 saturated heterocycles. The van der Waals surface area contributed by atoms with Crippen LogP contribution in [0.5, 0.6) is 11.5 Å². The van der Waals surface area contributed by atoms with Crippen LogP contribution in [0, 0.1) is 0 Å². The van der Waals surface area contributed by atoms with Gasteiger partial charge >= 0.3 is 11.3 Å². The molecule has 1 N–H and O–H groups in total. The van der Waals surface area contributed by atoms with E-state index in [-0.39, 0.29) is 11.3 Å². The van der Waals surface area contributed by atoms with Crippen LogP contribution in [0.15, 0.2) is 60.9 Å². The van der Waals surface area contributed by atoms with Gasteiger partial charge in [-0.15, -0.1) is 0 Å². The van der Waals surface area contributed by atoms with Crippen LogP contribution in [0.1, 0.15) is 24.8 Å². The monoisotopic (exact) mass is 433 g/mol. The fourth-order valence-electron chi connectivity index (χ4n) is 4.45. The summed E-state index contributed by atoms with van der Waals surface area (Å²) < 4.78 is 16.4. The molecule has 7 nitrogen and oxygen atoms in total. The van der Waals surface area contributed by atoms with E-state index in [1.165, 1.54) is 19.6 Å². The fraction of sp³-hybridized carbons (Fsp3) is 0.280. The average molecular weight is 433 g/mol. The van der Waals surface area contributed by atoms with Gasteiger partial charge in [-0.3, -0.25) is 4.90 Å². The highest BCUT2D eigenvalue weighted by molar-refractivity contribution is 5.97. The molecule has 32 heavy (non-hydrogen) atoms. The van der Waals surface area contributed by atoms with E-state index in [0.717, 1.165) is 25.9 Å². The molecule has 2 aromatic heterocycles. The Hall–Kier alpha value is -3.58. The zero-order valence-electron chi connectivity index (χ0n) is 17.7. The number of fused-ring (bicyclic) bond motifs is 2. The van der Waals surface area contributed by atoms with Crippen LogP contribution >= 0.6 is 0 Å². The summed E-state index contributed by atoms with van der Waals surface area (Å²) in [7, 11) is 1.51. The van der Waals surface area contributed by atoms with Gasteiger partial charge in [0.15, 0.2) is 11.3 Å². The minimum absolute atomic E-state index is 0.0682. The summed E-state index contributed by atoms with van der Waals surface area (Å²) in [6.45, 7) is 2.32. The molecule has 1 fully saturated rings. The molecule has 4 aromatic rings. The molecule has 0 saturated carbocycles. The first-order chi connectivity index (χ1) is 15.5. The number of phenols is 1. The average Bonchev–Trinajstić information content (AvgIpc) is 2.80. The Morgan fingerprint density at radius 3 is 2.56 bits per heavy atom. The van der Waals surface area contributed by atoms with E-state index in [1.807, 2.05) is 6.07 Å². The molecule has 1 aliphatic heterocycles. The molecule has 0 aliphatic carbocycles. The molecule has 7 heteroatoms. The van der Waals surface area contributed by atoms with E-state index in [2.05, 4.69) is 4.90 Å². The lowest BCUT2D eigenvalue weighted by atomic mass is 9.99. The van der Waals surface area contributed by atoms with Gasteiger partial charge in [0, 0.05) is 28.9 Å². The molecule has 2 aromatic carbocycles. The van der Waals surface area contributed by atoms with Gasteiger partial charge in [-0.25, -0.2) is 9.59 Å². The van der Waals surface area contributed by atoms with Gasteiger partial charge in [0.05, 0.1) is 18.2 Å². The zero-order chi connectivity index (χ0) is 22.2. The third-order valence-electron chi connectivity index (χ3n) is 6.06. The number of benzene rings is 2. The lowest BCUT2D eigenvalue weighted by molar-refractivity contribution is 0.218. The number of likely N-dealkylation sites (tertiary alicyclic amines) is 1. The van der Waals surface area contributed by atoms with Crippen LogP contribution in [0.4, 0.5) is 0 Å². The van der Waals surface area contributed by atoms with E-state index in [9.17, 15) is 14.7 Å². The zero-order valence-corrected chi connectivity index (χ0v) is 17.7. The van der Waals surface area contributed by atoms with E-state index in [0.29, 0.717) is 45.4 Å². The van der Waals surface area contributed by atoms with Crippen molar-refractivity contribution in [2.24, 2.45) is 0 Å². The normalized spacial score (nSPS) is 14.8. The number of aromatic hydroxyl groups is 1. The Morgan fingerprint density at radius 2 is 1.78 bits per heavy atom. The molecule has 3 heterocycles. The molecule has 0 atom stereocenters. The first-order valence-electron chi connectivity index (χ1n) is 10.7. The van der Waals surface area contributed by atoms with Crippen molar-refractivity contribution >= 4 is 21.9 Å². The van der Waals surface area contributed by atoms with Crippen LogP contribution in [-0.4, -0.2) is 30.2 Å². The summed E-state index contributed by atoms with van der Waals surface area (Å²) >= 11 is 0. The van der Waals surface area contributed by atoms with Crippen molar-refractivity contribution in [3.63, 3.8) is 0 Å². The molecule has 0 bridgehead atoms. The smallest absolute Gasteiger partial charge is 0.344 e. The molecule has 1 aliphatic rings. The molecular formula is C25H23NO6. The number of phenolic OH excluding ortho intramolecular Hbond substituents is 1. The number of piperidine rings is 1. The van der Waals surface area contributed by atoms with Gasteiger partial charge in [-0.05, 0) is 50.2 Å². The number of hydrogen-bond donors (Lipinski definition) is 1. The molecule has 164 valence electrons. The van der Waals surface area contributed by atoms with Crippen LogP contribution in [0.25, 0.3) is 33.1 Å². The number of hydrogen-bond acceptors (Lipinski definition) is 7. The van der Waals surface area contributed by atoms with Gasteiger partial charge in [-0.1, -0.05) is 18.6 Å². The third-order valence-corrected chi connectivity index (χ3v) is 6.06. The molecular weight excluding hydrogens is 410 g/mol. The second kappa shape index (κ2) is 8.16. The predicted octanol–water partition coefficient (Wildman–Crippen LogP) is 4.27. The van der Waals surface area contributed by atoms with Gasteiger partial charge in [-0.2, -0.15) is 0 Å². The second-order valence-electron chi connectivity index (χ2n) is 8.08. The summed E-state index contributed by atoms with van der Waals surface area (Å²) in [5, 5.41) is 11.8. The minimum atomic E-state index is -0.594. The SMILES string of the molecule is COc1cccc2cc(-c3cc(=O)oc4c(CN5CCCCC5)c(O)ccc34)c(=O)oc12. The summed E-state index contributed by atoms with van der Waals surface area (Å²) in [4.78, 5) is 27.6. The van der Waals surface area contributed by atoms with Gasteiger partial charge in [0.25, 0.3) is 0 Å². The van der Waals surface area contributed by atoms with E-state index in [1.54, 1.807) is 30.3 Å². The number of rotatable bonds is 4. The maximum absolute atomic E-state index is 12.9. The molecule has 0 unspecified atom stereocenters. The maximum Gasteiger partial charge on any atom is 0.344 e. The van der Waals surface area contributed by atoms with Crippen molar-refractivity contribution in [3.05, 3.63) is 68.9 Å². The van der Waals surface area contributed by atoms with Crippen LogP contribution < -0.4 is 16.0 Å². The van der Waals surface area contributed by atoms with Gasteiger partial charge < -0.3 is 18.7 Å². The van der Waals surface area contributed by atoms with Gasteiger partial charge in [0.2, 0.25) is 0 Å². The van der Waals surface area contributed by atoms with Crippen molar-refractivity contribution in [2.75, 3.05) is 20.2 Å². The van der Waals surface area contributed by atoms with E-state index >= 15 is 0 Å². The summed E-state index contributed by atoms with van der Waals surface area (Å²) in [6.07, 6.45) is 3.39. The van der Waals surface area contributed by atoms with Crippen molar-refractivity contribution in [3.8, 4) is 22.6 Å². The highest BCUT2D eigenvalue weighted by atomic mass is 16.5. The van der Waals surface area contributed by atoms with Crippen molar-refractivity contribution in [1.29, 1.82) is 0 Å². The lowest BCUT2D eigenvalue weighted by Gasteiger charge is -2.26. The van der Waals surface area contributed by atoms with Crippen molar-refractivity contribution < 1.29 is 18.7 Å². The number of ether oxygens (including phenoxy) is 1. The van der Waals surface area contributed by atoms with Crippen LogP contribution in [0.2, 0.25) is 0 Å². The van der Waals surface area contributed by atoms with E-state index < -0.39 is 11.3 Å².